The molecule has 1 aromatic heterocycles. The molecule has 0 spiro atoms. The minimum Gasteiger partial charge on any atom is -0.353 e. The summed E-state index contributed by atoms with van der Waals surface area (Å²) in [5, 5.41) is 5.81. The molecule has 7 heteroatoms. The van der Waals surface area contributed by atoms with E-state index in [9.17, 15) is 9.59 Å². The van der Waals surface area contributed by atoms with E-state index in [0.717, 1.165) is 24.5 Å². The molecule has 7 nitrogen and oxygen atoms in total. The van der Waals surface area contributed by atoms with Crippen molar-refractivity contribution < 1.29 is 9.59 Å². The third-order valence-electron chi connectivity index (χ3n) is 5.21. The second-order valence-corrected chi connectivity index (χ2v) is 7.34. The van der Waals surface area contributed by atoms with Crippen LogP contribution in [0.3, 0.4) is 0 Å². The number of anilines is 2. The molecule has 158 valence electrons. The van der Waals surface area contributed by atoms with E-state index in [0.29, 0.717) is 30.9 Å². The number of nitrogens with zero attached hydrogens (tertiary/aromatic N) is 3. The van der Waals surface area contributed by atoms with Crippen molar-refractivity contribution in [3.8, 4) is 0 Å². The standard InChI is InChI=1S/C24H25N5O2/c30-23(26-18-19-7-2-1-3-8-19)20-9-6-10-21(17-20)27-24(31)29-15-13-28(14-16-29)22-11-4-5-12-25-22/h1-12,17H,13-16,18H2,(H,26,30)(H,27,31). The maximum atomic E-state index is 12.7. The fourth-order valence-corrected chi connectivity index (χ4v) is 3.50. The van der Waals surface area contributed by atoms with Crippen molar-refractivity contribution >= 4 is 23.4 Å². The van der Waals surface area contributed by atoms with Gasteiger partial charge < -0.3 is 20.4 Å². The molecule has 0 radical (unpaired) electrons. The summed E-state index contributed by atoms with van der Waals surface area (Å²) in [7, 11) is 0. The number of carbonyl (C=O) groups excluding carboxylic acids is 2. The molecule has 4 rings (SSSR count). The van der Waals surface area contributed by atoms with E-state index in [1.807, 2.05) is 48.5 Å². The van der Waals surface area contributed by atoms with Gasteiger partial charge in [-0.25, -0.2) is 9.78 Å². The number of piperazine rings is 1. The summed E-state index contributed by atoms with van der Waals surface area (Å²) in [6, 6.07) is 22.4. The smallest absolute Gasteiger partial charge is 0.321 e. The zero-order chi connectivity index (χ0) is 21.5. The number of benzene rings is 2. The summed E-state index contributed by atoms with van der Waals surface area (Å²) in [6.45, 7) is 3.13. The minimum atomic E-state index is -0.177. The molecule has 2 heterocycles. The molecule has 0 saturated carbocycles. The number of carbonyl (C=O) groups is 2. The molecule has 3 aromatic rings. The molecular weight excluding hydrogens is 390 g/mol. The van der Waals surface area contributed by atoms with Gasteiger partial charge in [-0.1, -0.05) is 42.5 Å². The van der Waals surface area contributed by atoms with Crippen molar-refractivity contribution in [1.82, 2.24) is 15.2 Å². The Labute approximate surface area is 181 Å². The lowest BCUT2D eigenvalue weighted by atomic mass is 10.1. The Kier molecular flexibility index (Phi) is 6.42. The molecule has 0 atom stereocenters. The van der Waals surface area contributed by atoms with Crippen LogP contribution in [-0.4, -0.2) is 48.0 Å². The van der Waals surface area contributed by atoms with E-state index in [2.05, 4.69) is 20.5 Å². The maximum Gasteiger partial charge on any atom is 0.321 e. The maximum absolute atomic E-state index is 12.7. The molecule has 0 unspecified atom stereocenters. The van der Waals surface area contributed by atoms with Crippen LogP contribution in [0.2, 0.25) is 0 Å². The summed E-state index contributed by atoms with van der Waals surface area (Å²) < 4.78 is 0. The minimum absolute atomic E-state index is 0.164. The lowest BCUT2D eigenvalue weighted by Crippen LogP contribution is -2.50. The molecular formula is C24H25N5O2. The Bertz CT molecular complexity index is 1020. The zero-order valence-electron chi connectivity index (χ0n) is 17.2. The Balaban J connectivity index is 1.30. The van der Waals surface area contributed by atoms with Crippen molar-refractivity contribution in [1.29, 1.82) is 0 Å². The molecule has 3 amide bonds. The molecule has 0 bridgehead atoms. The number of hydrogen-bond acceptors (Lipinski definition) is 4. The van der Waals surface area contributed by atoms with Gasteiger partial charge in [-0.3, -0.25) is 4.79 Å². The highest BCUT2D eigenvalue weighted by Gasteiger charge is 2.22. The van der Waals surface area contributed by atoms with Crippen LogP contribution >= 0.6 is 0 Å². The monoisotopic (exact) mass is 415 g/mol. The van der Waals surface area contributed by atoms with E-state index < -0.39 is 0 Å². The normalized spacial score (nSPS) is 13.5. The molecule has 1 aliphatic heterocycles. The largest absolute Gasteiger partial charge is 0.353 e. The van der Waals surface area contributed by atoms with Gasteiger partial charge in [-0.15, -0.1) is 0 Å². The first-order valence-electron chi connectivity index (χ1n) is 10.3. The van der Waals surface area contributed by atoms with Gasteiger partial charge in [0.2, 0.25) is 0 Å². The highest BCUT2D eigenvalue weighted by molar-refractivity contribution is 5.96. The van der Waals surface area contributed by atoms with E-state index >= 15 is 0 Å². The van der Waals surface area contributed by atoms with Crippen LogP contribution < -0.4 is 15.5 Å². The third-order valence-corrected chi connectivity index (χ3v) is 5.21. The van der Waals surface area contributed by atoms with Crippen molar-refractivity contribution in [3.05, 3.63) is 90.1 Å². The molecule has 1 aliphatic rings. The predicted molar refractivity (Wildman–Crippen MR) is 121 cm³/mol. The molecule has 31 heavy (non-hydrogen) atoms. The predicted octanol–water partition coefficient (Wildman–Crippen LogP) is 3.37. The number of rotatable bonds is 5. The topological polar surface area (TPSA) is 77.6 Å². The van der Waals surface area contributed by atoms with Gasteiger partial charge in [0.1, 0.15) is 5.82 Å². The quantitative estimate of drug-likeness (QED) is 0.670. The van der Waals surface area contributed by atoms with Gasteiger partial charge >= 0.3 is 6.03 Å². The number of nitrogens with one attached hydrogen (secondary N) is 2. The number of hydrogen-bond donors (Lipinski definition) is 2. The second kappa shape index (κ2) is 9.75. The summed E-state index contributed by atoms with van der Waals surface area (Å²) in [5.74, 6) is 0.751. The molecule has 1 saturated heterocycles. The third kappa shape index (κ3) is 5.39. The first-order valence-corrected chi connectivity index (χ1v) is 10.3. The van der Waals surface area contributed by atoms with E-state index in [1.165, 1.54) is 0 Å². The SMILES string of the molecule is O=C(NCc1ccccc1)c1cccc(NC(=O)N2CCN(c3ccccn3)CC2)c1. The van der Waals surface area contributed by atoms with Gasteiger partial charge in [0, 0.05) is 50.2 Å². The van der Waals surface area contributed by atoms with Crippen molar-refractivity contribution in [2.24, 2.45) is 0 Å². The Hall–Kier alpha value is -3.87. The van der Waals surface area contributed by atoms with Gasteiger partial charge in [-0.05, 0) is 35.9 Å². The van der Waals surface area contributed by atoms with Crippen LogP contribution in [0.1, 0.15) is 15.9 Å². The summed E-state index contributed by atoms with van der Waals surface area (Å²) in [4.78, 5) is 33.5. The fourth-order valence-electron chi connectivity index (χ4n) is 3.50. The Morgan fingerprint density at radius 1 is 0.871 bits per heavy atom. The van der Waals surface area contributed by atoms with Crippen LogP contribution in [0.4, 0.5) is 16.3 Å². The first kappa shape index (κ1) is 20.4. The van der Waals surface area contributed by atoms with Crippen LogP contribution in [0.25, 0.3) is 0 Å². The highest BCUT2D eigenvalue weighted by Crippen LogP contribution is 2.15. The van der Waals surface area contributed by atoms with Gasteiger partial charge in [0.05, 0.1) is 0 Å². The van der Waals surface area contributed by atoms with Crippen LogP contribution in [0, 0.1) is 0 Å². The van der Waals surface area contributed by atoms with Crippen LogP contribution in [0.5, 0.6) is 0 Å². The van der Waals surface area contributed by atoms with Crippen molar-refractivity contribution in [2.75, 3.05) is 36.4 Å². The highest BCUT2D eigenvalue weighted by atomic mass is 16.2. The van der Waals surface area contributed by atoms with Gasteiger partial charge in [0.25, 0.3) is 5.91 Å². The molecule has 2 N–H and O–H groups in total. The van der Waals surface area contributed by atoms with Crippen LogP contribution in [0.15, 0.2) is 79.0 Å². The van der Waals surface area contributed by atoms with E-state index in [4.69, 9.17) is 0 Å². The summed E-state index contributed by atoms with van der Waals surface area (Å²) >= 11 is 0. The fraction of sp³-hybridized carbons (Fsp3) is 0.208. The van der Waals surface area contributed by atoms with Crippen molar-refractivity contribution in [2.45, 2.75) is 6.54 Å². The summed E-state index contributed by atoms with van der Waals surface area (Å²) in [5.41, 5.74) is 2.14. The van der Waals surface area contributed by atoms with E-state index in [-0.39, 0.29) is 11.9 Å². The van der Waals surface area contributed by atoms with Crippen LogP contribution in [-0.2, 0) is 6.54 Å². The Morgan fingerprint density at radius 2 is 1.65 bits per heavy atom. The van der Waals surface area contributed by atoms with Gasteiger partial charge in [-0.2, -0.15) is 0 Å². The lowest BCUT2D eigenvalue weighted by Gasteiger charge is -2.35. The number of amides is 3. The molecule has 0 aliphatic carbocycles. The first-order chi connectivity index (χ1) is 15.2. The van der Waals surface area contributed by atoms with Crippen molar-refractivity contribution in [3.63, 3.8) is 0 Å². The summed E-state index contributed by atoms with van der Waals surface area (Å²) in [6.07, 6.45) is 1.78. The molecule has 2 aromatic carbocycles. The number of urea groups is 1. The van der Waals surface area contributed by atoms with Gasteiger partial charge in [0.15, 0.2) is 0 Å². The average Bonchev–Trinajstić information content (AvgIpc) is 2.84. The zero-order valence-corrected chi connectivity index (χ0v) is 17.2. The Morgan fingerprint density at radius 3 is 2.39 bits per heavy atom. The lowest BCUT2D eigenvalue weighted by molar-refractivity contribution is 0.0951. The molecule has 1 fully saturated rings. The second-order valence-electron chi connectivity index (χ2n) is 7.34. The average molecular weight is 415 g/mol. The number of pyridine rings is 1. The van der Waals surface area contributed by atoms with E-state index in [1.54, 1.807) is 35.4 Å². The number of aromatic nitrogens is 1.